The van der Waals surface area contributed by atoms with E-state index in [1.165, 1.54) is 0 Å². The number of carbonyl (C=O) groups excluding carboxylic acids is 2. The SMILES string of the molecule is COc1ccc(CC(=O)NCC(=O)N=Nc2c(O)[nH]c3c(Br)cc(Br)cc23)cc1. The van der Waals surface area contributed by atoms with Crippen LogP contribution in [0.15, 0.2) is 55.6 Å². The van der Waals surface area contributed by atoms with Crippen molar-refractivity contribution in [3.05, 3.63) is 50.9 Å². The molecule has 0 aliphatic rings. The van der Waals surface area contributed by atoms with Gasteiger partial charge in [0.25, 0.3) is 5.91 Å². The summed E-state index contributed by atoms with van der Waals surface area (Å²) in [7, 11) is 1.57. The largest absolute Gasteiger partial charge is 0.497 e. The predicted octanol–water partition coefficient (Wildman–Crippen LogP) is 4.38. The molecule has 8 nitrogen and oxygen atoms in total. The van der Waals surface area contributed by atoms with Crippen molar-refractivity contribution in [2.75, 3.05) is 13.7 Å². The highest BCUT2D eigenvalue weighted by molar-refractivity contribution is 9.11. The maximum absolute atomic E-state index is 12.0. The van der Waals surface area contributed by atoms with E-state index < -0.39 is 5.91 Å². The van der Waals surface area contributed by atoms with E-state index in [0.717, 1.165) is 14.5 Å². The molecule has 1 aromatic heterocycles. The molecule has 10 heteroatoms. The third-order valence-electron chi connectivity index (χ3n) is 4.00. The van der Waals surface area contributed by atoms with Gasteiger partial charge in [-0.1, -0.05) is 28.1 Å². The van der Waals surface area contributed by atoms with Crippen molar-refractivity contribution in [2.24, 2.45) is 10.2 Å². The zero-order valence-electron chi connectivity index (χ0n) is 15.2. The van der Waals surface area contributed by atoms with Crippen LogP contribution in [0.25, 0.3) is 10.9 Å². The fourth-order valence-electron chi connectivity index (χ4n) is 2.60. The van der Waals surface area contributed by atoms with Crippen molar-refractivity contribution in [3.8, 4) is 11.6 Å². The quantitative estimate of drug-likeness (QED) is 0.416. The van der Waals surface area contributed by atoms with Crippen molar-refractivity contribution in [1.29, 1.82) is 0 Å². The molecule has 0 saturated heterocycles. The van der Waals surface area contributed by atoms with Crippen LogP contribution in [0.5, 0.6) is 11.6 Å². The van der Waals surface area contributed by atoms with Gasteiger partial charge in [0.2, 0.25) is 11.8 Å². The second kappa shape index (κ2) is 9.19. The Morgan fingerprint density at radius 1 is 1.21 bits per heavy atom. The van der Waals surface area contributed by atoms with Gasteiger partial charge < -0.3 is 20.1 Å². The third kappa shape index (κ3) is 5.21. The van der Waals surface area contributed by atoms with E-state index in [-0.39, 0.29) is 30.4 Å². The topological polar surface area (TPSA) is 116 Å². The van der Waals surface area contributed by atoms with Crippen molar-refractivity contribution in [1.82, 2.24) is 10.3 Å². The van der Waals surface area contributed by atoms with Crippen LogP contribution in [-0.4, -0.2) is 35.6 Å². The Balaban J connectivity index is 1.60. The van der Waals surface area contributed by atoms with Gasteiger partial charge in [-0.25, -0.2) is 0 Å². The molecule has 0 aliphatic carbocycles. The maximum Gasteiger partial charge on any atom is 0.283 e. The van der Waals surface area contributed by atoms with Crippen molar-refractivity contribution in [2.45, 2.75) is 6.42 Å². The number of ether oxygens (including phenoxy) is 1. The maximum atomic E-state index is 12.0. The highest BCUT2D eigenvalue weighted by Crippen LogP contribution is 2.40. The van der Waals surface area contributed by atoms with Crippen LogP contribution in [0.2, 0.25) is 0 Å². The lowest BCUT2D eigenvalue weighted by atomic mass is 10.1. The van der Waals surface area contributed by atoms with E-state index in [1.807, 2.05) is 6.07 Å². The molecule has 1 heterocycles. The van der Waals surface area contributed by atoms with E-state index in [1.54, 1.807) is 37.4 Å². The lowest BCUT2D eigenvalue weighted by Gasteiger charge is -2.04. The van der Waals surface area contributed by atoms with Crippen LogP contribution < -0.4 is 10.1 Å². The van der Waals surface area contributed by atoms with E-state index in [9.17, 15) is 14.7 Å². The number of aromatic nitrogens is 1. The number of azo groups is 1. The Morgan fingerprint density at radius 2 is 1.93 bits per heavy atom. The molecule has 0 radical (unpaired) electrons. The van der Waals surface area contributed by atoms with Gasteiger partial charge >= 0.3 is 0 Å². The zero-order valence-corrected chi connectivity index (χ0v) is 18.4. The molecule has 0 fully saturated rings. The lowest BCUT2D eigenvalue weighted by molar-refractivity contribution is -0.124. The van der Waals surface area contributed by atoms with Gasteiger partial charge in [0.1, 0.15) is 12.3 Å². The zero-order chi connectivity index (χ0) is 21.0. The highest BCUT2D eigenvalue weighted by Gasteiger charge is 2.14. The second-order valence-electron chi connectivity index (χ2n) is 6.03. The molecule has 0 unspecified atom stereocenters. The first-order valence-electron chi connectivity index (χ1n) is 8.41. The van der Waals surface area contributed by atoms with Crippen LogP contribution in [-0.2, 0) is 16.0 Å². The summed E-state index contributed by atoms with van der Waals surface area (Å²) < 4.78 is 6.55. The molecule has 0 spiro atoms. The first kappa shape index (κ1) is 21.0. The first-order valence-corrected chi connectivity index (χ1v) is 10.00. The number of hydrogen-bond donors (Lipinski definition) is 3. The van der Waals surface area contributed by atoms with Crippen LogP contribution in [0.3, 0.4) is 0 Å². The minimum absolute atomic E-state index is 0.125. The molecule has 0 atom stereocenters. The van der Waals surface area contributed by atoms with Crippen LogP contribution in [0, 0.1) is 0 Å². The summed E-state index contributed by atoms with van der Waals surface area (Å²) in [6, 6.07) is 10.6. The normalized spacial score (nSPS) is 11.1. The van der Waals surface area contributed by atoms with Crippen molar-refractivity contribution >= 4 is 60.3 Å². The lowest BCUT2D eigenvalue weighted by Crippen LogP contribution is -2.29. The Morgan fingerprint density at radius 3 is 2.62 bits per heavy atom. The van der Waals surface area contributed by atoms with E-state index >= 15 is 0 Å². The van der Waals surface area contributed by atoms with Gasteiger partial charge in [-0.15, -0.1) is 10.2 Å². The molecule has 0 saturated carbocycles. The molecule has 0 aliphatic heterocycles. The molecule has 3 N–H and O–H groups in total. The van der Waals surface area contributed by atoms with Crippen LogP contribution in [0.1, 0.15) is 5.56 Å². The predicted molar refractivity (Wildman–Crippen MR) is 115 cm³/mol. The van der Waals surface area contributed by atoms with Gasteiger partial charge in [-0.05, 0) is 45.8 Å². The summed E-state index contributed by atoms with van der Waals surface area (Å²) in [5, 5.41) is 20.6. The third-order valence-corrected chi connectivity index (χ3v) is 5.08. The minimum atomic E-state index is -0.643. The standard InChI is InChI=1S/C19H16Br2N4O4/c1-29-12-4-2-10(3-5-12)6-15(26)22-9-16(27)24-25-18-13-7-11(20)8-14(21)17(13)23-19(18)28/h2-5,7-8,23,28H,6,9H2,1H3,(H,22,26). The number of hydrogen-bond acceptors (Lipinski definition) is 5. The smallest absolute Gasteiger partial charge is 0.283 e. The molecule has 2 aromatic carbocycles. The van der Waals surface area contributed by atoms with E-state index in [2.05, 4.69) is 52.4 Å². The Hall–Kier alpha value is -2.72. The Bertz CT molecular complexity index is 1090. The highest BCUT2D eigenvalue weighted by atomic mass is 79.9. The van der Waals surface area contributed by atoms with Gasteiger partial charge in [0.15, 0.2) is 5.69 Å². The number of rotatable bonds is 6. The van der Waals surface area contributed by atoms with Gasteiger partial charge in [0.05, 0.1) is 19.0 Å². The van der Waals surface area contributed by atoms with Crippen molar-refractivity contribution in [3.63, 3.8) is 0 Å². The number of methoxy groups -OCH3 is 1. The molecule has 29 heavy (non-hydrogen) atoms. The summed E-state index contributed by atoms with van der Waals surface area (Å²) in [6.07, 6.45) is 0.125. The molecular formula is C19H16Br2N4O4. The molecule has 2 amide bonds. The number of fused-ring (bicyclic) bond motifs is 1. The number of nitrogens with zero attached hydrogens (tertiary/aromatic N) is 2. The summed E-state index contributed by atoms with van der Waals surface area (Å²) in [6.45, 7) is -0.297. The summed E-state index contributed by atoms with van der Waals surface area (Å²) >= 11 is 6.75. The fraction of sp³-hybridized carbons (Fsp3) is 0.158. The van der Waals surface area contributed by atoms with Gasteiger partial charge in [-0.3, -0.25) is 9.59 Å². The number of halogens is 2. The molecule has 3 rings (SSSR count). The molecule has 3 aromatic rings. The Labute approximate surface area is 182 Å². The monoisotopic (exact) mass is 522 g/mol. The van der Waals surface area contributed by atoms with Crippen LogP contribution in [0.4, 0.5) is 5.69 Å². The second-order valence-corrected chi connectivity index (χ2v) is 7.80. The summed E-state index contributed by atoms with van der Waals surface area (Å²) in [5.41, 5.74) is 1.55. The number of aromatic amines is 1. The van der Waals surface area contributed by atoms with Gasteiger partial charge in [0, 0.05) is 14.3 Å². The van der Waals surface area contributed by atoms with Gasteiger partial charge in [-0.2, -0.15) is 0 Å². The fourth-order valence-corrected chi connectivity index (χ4v) is 3.92. The minimum Gasteiger partial charge on any atom is -0.497 e. The number of H-pyrrole nitrogens is 1. The molecule has 150 valence electrons. The van der Waals surface area contributed by atoms with Crippen molar-refractivity contribution < 1.29 is 19.4 Å². The molecule has 0 bridgehead atoms. The Kier molecular flexibility index (Phi) is 6.65. The summed E-state index contributed by atoms with van der Waals surface area (Å²) in [4.78, 5) is 26.7. The number of aromatic hydroxyl groups is 1. The number of carbonyl (C=O) groups is 2. The average Bonchev–Trinajstić information content (AvgIpc) is 3.01. The molecular weight excluding hydrogens is 508 g/mol. The summed E-state index contributed by atoms with van der Waals surface area (Å²) in [5.74, 6) is -0.472. The number of nitrogens with one attached hydrogen (secondary N) is 2. The van der Waals surface area contributed by atoms with Crippen LogP contribution >= 0.6 is 31.9 Å². The number of amides is 2. The van der Waals surface area contributed by atoms with E-state index in [4.69, 9.17) is 4.74 Å². The first-order chi connectivity index (χ1) is 13.9. The van der Waals surface area contributed by atoms with E-state index in [0.29, 0.717) is 16.7 Å². The number of benzene rings is 2. The average molecular weight is 524 g/mol.